The number of benzene rings is 4. The Labute approximate surface area is 257 Å². The Morgan fingerprint density at radius 3 is 2.12 bits per heavy atom. The van der Waals surface area contributed by atoms with Crippen molar-refractivity contribution in [1.29, 1.82) is 0 Å². The Morgan fingerprint density at radius 2 is 1.33 bits per heavy atom. The third-order valence-corrected chi connectivity index (χ3v) is 9.88. The molecule has 1 unspecified atom stereocenters. The van der Waals surface area contributed by atoms with Crippen molar-refractivity contribution in [3.05, 3.63) is 114 Å². The molecule has 4 heteroatoms. The van der Waals surface area contributed by atoms with Gasteiger partial charge in [0, 0.05) is 56.4 Å². The minimum absolute atomic E-state index is 0.238. The fraction of sp³-hybridized carbons (Fsp3) is 0.359. The highest BCUT2D eigenvalue weighted by Crippen LogP contribution is 2.48. The van der Waals surface area contributed by atoms with E-state index in [0.717, 1.165) is 70.6 Å². The lowest BCUT2D eigenvalue weighted by Gasteiger charge is -2.36. The summed E-state index contributed by atoms with van der Waals surface area (Å²) < 4.78 is 0. The second-order valence-electron chi connectivity index (χ2n) is 12.5. The molecule has 0 saturated carbocycles. The van der Waals surface area contributed by atoms with Crippen LogP contribution in [0.2, 0.25) is 0 Å². The van der Waals surface area contributed by atoms with Crippen LogP contribution in [0, 0.1) is 0 Å². The summed E-state index contributed by atoms with van der Waals surface area (Å²) in [5, 5.41) is 0. The molecule has 1 amide bonds. The van der Waals surface area contributed by atoms with Gasteiger partial charge in [-0.2, -0.15) is 0 Å². The summed E-state index contributed by atoms with van der Waals surface area (Å²) in [6, 6.07) is 34.9. The van der Waals surface area contributed by atoms with Crippen LogP contribution in [0.3, 0.4) is 0 Å². The van der Waals surface area contributed by atoms with Gasteiger partial charge in [0.05, 0.1) is 0 Å². The van der Waals surface area contributed by atoms with Crippen LogP contribution in [0.15, 0.2) is 97.1 Å². The van der Waals surface area contributed by atoms with Gasteiger partial charge in [-0.25, -0.2) is 0 Å². The van der Waals surface area contributed by atoms with Crippen LogP contribution in [0.1, 0.15) is 65.9 Å². The number of carbonyl (C=O) groups excluding carboxylic acids is 1. The molecule has 4 nitrogen and oxygen atoms in total. The van der Waals surface area contributed by atoms with Gasteiger partial charge in [0.1, 0.15) is 0 Å². The molecule has 4 aromatic rings. The van der Waals surface area contributed by atoms with E-state index >= 15 is 0 Å². The van der Waals surface area contributed by atoms with Gasteiger partial charge in [-0.15, -0.1) is 0 Å². The Bertz CT molecular complexity index is 1530. The monoisotopic (exact) mass is 569 g/mol. The summed E-state index contributed by atoms with van der Waals surface area (Å²) in [5.41, 5.74) is 10.1. The molecule has 0 aromatic heterocycles. The van der Waals surface area contributed by atoms with Crippen molar-refractivity contribution in [3.8, 4) is 22.3 Å². The summed E-state index contributed by atoms with van der Waals surface area (Å²) in [6.45, 7) is 7.33. The molecule has 2 heterocycles. The normalized spacial score (nSPS) is 18.4. The average molecular weight is 570 g/mol. The molecule has 43 heavy (non-hydrogen) atoms. The van der Waals surface area contributed by atoms with Gasteiger partial charge in [-0.1, -0.05) is 85.3 Å². The first-order valence-corrected chi connectivity index (χ1v) is 16.4. The van der Waals surface area contributed by atoms with E-state index in [4.69, 9.17) is 0 Å². The molecule has 4 aromatic carbocycles. The number of hydrogen-bond acceptors (Lipinski definition) is 3. The Hall–Kier alpha value is -3.89. The van der Waals surface area contributed by atoms with Crippen LogP contribution in [0.4, 0.5) is 5.69 Å². The number of hydrogen-bond donors (Lipinski definition) is 0. The van der Waals surface area contributed by atoms with E-state index in [1.54, 1.807) is 0 Å². The number of amides is 1. The van der Waals surface area contributed by atoms with Crippen molar-refractivity contribution >= 4 is 11.6 Å². The number of rotatable bonds is 8. The van der Waals surface area contributed by atoms with E-state index in [-0.39, 0.29) is 5.91 Å². The van der Waals surface area contributed by atoms with E-state index in [1.165, 1.54) is 58.3 Å². The summed E-state index contributed by atoms with van der Waals surface area (Å²) in [6.07, 6.45) is 6.95. The second kappa shape index (κ2) is 12.8. The first-order chi connectivity index (χ1) is 21.3. The lowest BCUT2D eigenvalue weighted by Crippen LogP contribution is -2.46. The molecule has 3 aliphatic rings. The van der Waals surface area contributed by atoms with Crippen molar-refractivity contribution in [2.24, 2.45) is 0 Å². The van der Waals surface area contributed by atoms with E-state index < -0.39 is 0 Å². The van der Waals surface area contributed by atoms with Crippen molar-refractivity contribution in [1.82, 2.24) is 9.80 Å². The molecule has 7 rings (SSSR count). The van der Waals surface area contributed by atoms with Crippen LogP contribution >= 0.6 is 0 Å². The highest BCUT2D eigenvalue weighted by atomic mass is 16.2. The highest BCUT2D eigenvalue weighted by molar-refractivity contribution is 5.99. The first kappa shape index (κ1) is 27.9. The zero-order valence-electron chi connectivity index (χ0n) is 25.3. The number of anilines is 1. The number of carbonyl (C=O) groups is 1. The van der Waals surface area contributed by atoms with E-state index in [2.05, 4.69) is 112 Å². The number of fused-ring (bicyclic) bond motifs is 3. The van der Waals surface area contributed by atoms with Gasteiger partial charge >= 0.3 is 0 Å². The maximum absolute atomic E-state index is 13.7. The molecule has 0 spiro atoms. The van der Waals surface area contributed by atoms with Crippen molar-refractivity contribution in [3.63, 3.8) is 0 Å². The molecule has 2 saturated heterocycles. The summed E-state index contributed by atoms with van der Waals surface area (Å²) in [4.78, 5) is 21.0. The van der Waals surface area contributed by atoms with Crippen LogP contribution in [-0.4, -0.2) is 61.5 Å². The zero-order valence-corrected chi connectivity index (χ0v) is 25.3. The predicted molar refractivity (Wildman–Crippen MR) is 178 cm³/mol. The molecule has 2 aliphatic heterocycles. The smallest absolute Gasteiger partial charge is 0.254 e. The third-order valence-electron chi connectivity index (χ3n) is 9.88. The van der Waals surface area contributed by atoms with Gasteiger partial charge in [-0.05, 0) is 90.2 Å². The van der Waals surface area contributed by atoms with E-state index in [0.29, 0.717) is 5.92 Å². The molecular weight excluding hydrogens is 526 g/mol. The topological polar surface area (TPSA) is 26.8 Å². The highest BCUT2D eigenvalue weighted by Gasteiger charge is 2.33. The number of piperazine rings is 1. The standard InChI is InChI=1S/C39H43N3O/c43-39(42-24-8-2-9-25-42)37-18-11-17-36-34-15-6-5-14-33(34)35(38(36)37)16-7-10-23-40-26-28-41(29-27-40)32-21-19-31(20-22-32)30-12-3-1-4-13-30/h1,3-6,11-15,17-22,35H,2,7-10,16,23-29H2. The molecule has 0 radical (unpaired) electrons. The fourth-order valence-corrected chi connectivity index (χ4v) is 7.54. The van der Waals surface area contributed by atoms with Gasteiger partial charge in [0.15, 0.2) is 0 Å². The summed E-state index contributed by atoms with van der Waals surface area (Å²) in [5.74, 6) is 0.550. The van der Waals surface area contributed by atoms with Crippen molar-refractivity contribution in [2.75, 3.05) is 50.7 Å². The van der Waals surface area contributed by atoms with Gasteiger partial charge < -0.3 is 9.80 Å². The van der Waals surface area contributed by atoms with E-state index in [9.17, 15) is 4.79 Å². The van der Waals surface area contributed by atoms with Crippen LogP contribution in [0.25, 0.3) is 22.3 Å². The lowest BCUT2D eigenvalue weighted by molar-refractivity contribution is 0.0723. The minimum Gasteiger partial charge on any atom is -0.369 e. The maximum atomic E-state index is 13.7. The largest absolute Gasteiger partial charge is 0.369 e. The Kier molecular flexibility index (Phi) is 8.29. The molecule has 0 N–H and O–H groups in total. The van der Waals surface area contributed by atoms with Crippen molar-refractivity contribution in [2.45, 2.75) is 44.4 Å². The quantitative estimate of drug-likeness (QED) is 0.201. The fourth-order valence-electron chi connectivity index (χ4n) is 7.54. The zero-order chi connectivity index (χ0) is 29.0. The summed E-state index contributed by atoms with van der Waals surface area (Å²) in [7, 11) is 0. The molecule has 1 aliphatic carbocycles. The van der Waals surface area contributed by atoms with Crippen LogP contribution in [0.5, 0.6) is 0 Å². The third kappa shape index (κ3) is 5.86. The Balaban J connectivity index is 0.953. The molecule has 220 valence electrons. The average Bonchev–Trinajstić information content (AvgIpc) is 3.41. The van der Waals surface area contributed by atoms with Crippen LogP contribution < -0.4 is 4.90 Å². The maximum Gasteiger partial charge on any atom is 0.254 e. The van der Waals surface area contributed by atoms with Crippen molar-refractivity contribution < 1.29 is 4.79 Å². The number of nitrogens with zero attached hydrogens (tertiary/aromatic N) is 3. The number of piperidine rings is 1. The minimum atomic E-state index is 0.238. The van der Waals surface area contributed by atoms with E-state index in [1.807, 2.05) is 0 Å². The number of likely N-dealkylation sites (tertiary alicyclic amines) is 1. The number of unbranched alkanes of at least 4 members (excludes halogenated alkanes) is 1. The first-order valence-electron chi connectivity index (χ1n) is 16.4. The Morgan fingerprint density at radius 1 is 0.628 bits per heavy atom. The predicted octanol–water partition coefficient (Wildman–Crippen LogP) is 8.08. The SMILES string of the molecule is O=C(c1cccc2c1C(CCCCN1CCN(c3ccc(-c4ccccc4)cc3)CC1)c1ccccc1-2)N1CCCCC1. The van der Waals surface area contributed by atoms with Gasteiger partial charge in [0.2, 0.25) is 0 Å². The molecule has 2 fully saturated rings. The molecule has 1 atom stereocenters. The lowest BCUT2D eigenvalue weighted by atomic mass is 9.88. The summed E-state index contributed by atoms with van der Waals surface area (Å²) >= 11 is 0. The molecular formula is C39H43N3O. The van der Waals surface area contributed by atoms with Gasteiger partial charge in [0.25, 0.3) is 5.91 Å². The molecule has 0 bridgehead atoms. The van der Waals surface area contributed by atoms with Crippen LogP contribution in [-0.2, 0) is 0 Å². The van der Waals surface area contributed by atoms with Gasteiger partial charge in [-0.3, -0.25) is 9.69 Å². The second-order valence-corrected chi connectivity index (χ2v) is 12.5.